The lowest BCUT2D eigenvalue weighted by Crippen LogP contribution is -2.31. The van der Waals surface area contributed by atoms with Crippen molar-refractivity contribution < 1.29 is 4.74 Å². The van der Waals surface area contributed by atoms with E-state index >= 15 is 0 Å². The van der Waals surface area contributed by atoms with Crippen LogP contribution in [0.5, 0.6) is 5.75 Å². The van der Waals surface area contributed by atoms with Crippen molar-refractivity contribution in [3.63, 3.8) is 0 Å². The Labute approximate surface area is 176 Å². The zero-order chi connectivity index (χ0) is 20.4. The number of nitrogens with zero attached hydrogens (tertiary/aromatic N) is 3. The summed E-state index contributed by atoms with van der Waals surface area (Å²) < 4.78 is 7.94. The highest BCUT2D eigenvalue weighted by Crippen LogP contribution is 2.25. The SMILES string of the molecule is COc1cc(-c2nc3ncccc3c(=O)n2NCc2ccc(Br)cc2)ccc1C. The highest BCUT2D eigenvalue weighted by molar-refractivity contribution is 9.10. The van der Waals surface area contributed by atoms with Crippen molar-refractivity contribution >= 4 is 27.0 Å². The molecule has 0 aliphatic carbocycles. The number of pyridine rings is 1. The predicted octanol–water partition coefficient (Wildman–Crippen LogP) is 4.28. The Morgan fingerprint density at radius 3 is 2.69 bits per heavy atom. The summed E-state index contributed by atoms with van der Waals surface area (Å²) in [4.78, 5) is 22.1. The molecule has 29 heavy (non-hydrogen) atoms. The lowest BCUT2D eigenvalue weighted by Gasteiger charge is -2.16. The van der Waals surface area contributed by atoms with Crippen LogP contribution in [-0.4, -0.2) is 21.8 Å². The highest BCUT2D eigenvalue weighted by Gasteiger charge is 2.15. The number of aryl methyl sites for hydroxylation is 1. The Kier molecular flexibility index (Phi) is 5.31. The fourth-order valence-corrected chi connectivity index (χ4v) is 3.36. The molecule has 2 aromatic heterocycles. The van der Waals surface area contributed by atoms with Crippen molar-refractivity contribution in [2.24, 2.45) is 0 Å². The number of halogens is 1. The maximum absolute atomic E-state index is 13.2. The molecule has 1 N–H and O–H groups in total. The average molecular weight is 451 g/mol. The molecule has 0 fully saturated rings. The Balaban J connectivity index is 1.84. The molecular weight excluding hydrogens is 432 g/mol. The Bertz CT molecular complexity index is 1240. The third kappa shape index (κ3) is 3.86. The van der Waals surface area contributed by atoms with E-state index in [-0.39, 0.29) is 5.56 Å². The number of methoxy groups -OCH3 is 1. The van der Waals surface area contributed by atoms with E-state index in [1.165, 1.54) is 4.68 Å². The summed E-state index contributed by atoms with van der Waals surface area (Å²) in [5.74, 6) is 1.22. The standard InChI is InChI=1S/C22H19BrN4O2/c1-14-5-8-16(12-19(14)29-2)21-26-20-18(4-3-11-24-20)22(28)27(21)25-13-15-6-9-17(23)10-7-15/h3-12,25H,13H2,1-2H3. The van der Waals surface area contributed by atoms with Crippen molar-refractivity contribution in [2.75, 3.05) is 12.5 Å². The zero-order valence-corrected chi connectivity index (χ0v) is 17.6. The first-order valence-electron chi connectivity index (χ1n) is 9.08. The molecule has 7 heteroatoms. The van der Waals surface area contributed by atoms with Gasteiger partial charge in [0.25, 0.3) is 5.56 Å². The number of fused-ring (bicyclic) bond motifs is 1. The van der Waals surface area contributed by atoms with Gasteiger partial charge in [0, 0.05) is 16.2 Å². The Morgan fingerprint density at radius 2 is 1.93 bits per heavy atom. The fourth-order valence-electron chi connectivity index (χ4n) is 3.09. The number of nitrogens with one attached hydrogen (secondary N) is 1. The van der Waals surface area contributed by atoms with Gasteiger partial charge in [0.1, 0.15) is 5.75 Å². The molecule has 0 aliphatic rings. The van der Waals surface area contributed by atoms with Crippen molar-refractivity contribution in [1.82, 2.24) is 14.6 Å². The van der Waals surface area contributed by atoms with Crippen LogP contribution in [0, 0.1) is 6.92 Å². The third-order valence-corrected chi connectivity index (χ3v) is 5.19. The summed E-state index contributed by atoms with van der Waals surface area (Å²) in [6, 6.07) is 17.1. The zero-order valence-electron chi connectivity index (χ0n) is 16.0. The molecule has 0 amide bonds. The fraction of sp³-hybridized carbons (Fsp3) is 0.136. The largest absolute Gasteiger partial charge is 0.496 e. The maximum atomic E-state index is 13.2. The predicted molar refractivity (Wildman–Crippen MR) is 118 cm³/mol. The van der Waals surface area contributed by atoms with Gasteiger partial charge in [-0.05, 0) is 48.4 Å². The number of aromatic nitrogens is 3. The first-order valence-corrected chi connectivity index (χ1v) is 9.87. The summed E-state index contributed by atoms with van der Waals surface area (Å²) in [5, 5.41) is 0.457. The van der Waals surface area contributed by atoms with Gasteiger partial charge in [-0.3, -0.25) is 4.79 Å². The molecule has 0 bridgehead atoms. The molecule has 0 saturated carbocycles. The van der Waals surface area contributed by atoms with Gasteiger partial charge in [-0.1, -0.05) is 40.2 Å². The smallest absolute Gasteiger partial charge is 0.281 e. The summed E-state index contributed by atoms with van der Waals surface area (Å²) in [7, 11) is 1.63. The molecule has 2 aromatic carbocycles. The van der Waals surface area contributed by atoms with Crippen LogP contribution in [0.15, 0.2) is 70.1 Å². The van der Waals surface area contributed by atoms with Gasteiger partial charge in [0.15, 0.2) is 11.5 Å². The van der Waals surface area contributed by atoms with Crippen LogP contribution >= 0.6 is 15.9 Å². The summed E-state index contributed by atoms with van der Waals surface area (Å²) in [5.41, 5.74) is 6.24. The van der Waals surface area contributed by atoms with E-state index in [1.807, 2.05) is 49.4 Å². The summed E-state index contributed by atoms with van der Waals surface area (Å²) in [6.45, 7) is 2.44. The summed E-state index contributed by atoms with van der Waals surface area (Å²) in [6.07, 6.45) is 1.63. The summed E-state index contributed by atoms with van der Waals surface area (Å²) >= 11 is 3.44. The lowest BCUT2D eigenvalue weighted by molar-refractivity contribution is 0.412. The number of hydrogen-bond acceptors (Lipinski definition) is 5. The second kappa shape index (κ2) is 8.05. The molecule has 2 heterocycles. The number of hydrogen-bond donors (Lipinski definition) is 1. The topological polar surface area (TPSA) is 69.0 Å². The van der Waals surface area contributed by atoms with Gasteiger partial charge in [0.2, 0.25) is 0 Å². The van der Waals surface area contributed by atoms with Crippen LogP contribution in [0.25, 0.3) is 22.4 Å². The minimum Gasteiger partial charge on any atom is -0.496 e. The molecule has 0 spiro atoms. The van der Waals surface area contributed by atoms with E-state index in [9.17, 15) is 4.79 Å². The third-order valence-electron chi connectivity index (χ3n) is 4.66. The second-order valence-electron chi connectivity index (χ2n) is 6.60. The minimum absolute atomic E-state index is 0.199. The van der Waals surface area contributed by atoms with Crippen LogP contribution in [0.2, 0.25) is 0 Å². The normalized spacial score (nSPS) is 10.9. The molecule has 0 radical (unpaired) electrons. The average Bonchev–Trinajstić information content (AvgIpc) is 2.74. The first-order chi connectivity index (χ1) is 14.1. The van der Waals surface area contributed by atoms with E-state index in [1.54, 1.807) is 25.4 Å². The molecule has 0 unspecified atom stereocenters. The van der Waals surface area contributed by atoms with E-state index in [0.29, 0.717) is 23.4 Å². The molecule has 4 aromatic rings. The van der Waals surface area contributed by atoms with Gasteiger partial charge >= 0.3 is 0 Å². The molecular formula is C22H19BrN4O2. The molecule has 0 aliphatic heterocycles. The van der Waals surface area contributed by atoms with Gasteiger partial charge in [-0.25, -0.2) is 14.6 Å². The lowest BCUT2D eigenvalue weighted by atomic mass is 10.1. The van der Waals surface area contributed by atoms with Crippen molar-refractivity contribution in [3.8, 4) is 17.1 Å². The van der Waals surface area contributed by atoms with Crippen molar-refractivity contribution in [3.05, 3.63) is 86.7 Å². The Morgan fingerprint density at radius 1 is 1.14 bits per heavy atom. The molecule has 4 rings (SSSR count). The highest BCUT2D eigenvalue weighted by atomic mass is 79.9. The van der Waals surface area contributed by atoms with E-state index in [2.05, 4.69) is 31.3 Å². The van der Waals surface area contributed by atoms with Crippen LogP contribution in [0.4, 0.5) is 0 Å². The van der Waals surface area contributed by atoms with Crippen molar-refractivity contribution in [1.29, 1.82) is 0 Å². The van der Waals surface area contributed by atoms with Gasteiger partial charge < -0.3 is 10.2 Å². The van der Waals surface area contributed by atoms with Crippen molar-refractivity contribution in [2.45, 2.75) is 13.5 Å². The molecule has 6 nitrogen and oxygen atoms in total. The van der Waals surface area contributed by atoms with Crippen LogP contribution in [-0.2, 0) is 6.54 Å². The molecule has 146 valence electrons. The van der Waals surface area contributed by atoms with Gasteiger partial charge in [0.05, 0.1) is 19.0 Å². The van der Waals surface area contributed by atoms with Crippen LogP contribution < -0.4 is 15.7 Å². The van der Waals surface area contributed by atoms with E-state index in [4.69, 9.17) is 4.74 Å². The second-order valence-corrected chi connectivity index (χ2v) is 7.51. The Hall–Kier alpha value is -3.19. The first kappa shape index (κ1) is 19.1. The quantitative estimate of drug-likeness (QED) is 0.491. The van der Waals surface area contributed by atoms with E-state index < -0.39 is 0 Å². The number of benzene rings is 2. The number of ether oxygens (including phenoxy) is 1. The maximum Gasteiger partial charge on any atom is 0.281 e. The number of rotatable bonds is 5. The molecule has 0 atom stereocenters. The molecule has 0 saturated heterocycles. The van der Waals surface area contributed by atoms with Gasteiger partial charge in [-0.2, -0.15) is 0 Å². The van der Waals surface area contributed by atoms with Crippen LogP contribution in [0.1, 0.15) is 11.1 Å². The monoisotopic (exact) mass is 450 g/mol. The minimum atomic E-state index is -0.199. The van der Waals surface area contributed by atoms with Gasteiger partial charge in [-0.15, -0.1) is 0 Å². The van der Waals surface area contributed by atoms with Crippen LogP contribution in [0.3, 0.4) is 0 Å². The van der Waals surface area contributed by atoms with E-state index in [0.717, 1.165) is 26.9 Å².